The Hall–Kier alpha value is -2.34. The molecule has 0 fully saturated rings. The molecule has 0 aliphatic rings. The van der Waals surface area contributed by atoms with Gasteiger partial charge in [-0.3, -0.25) is 0 Å². The highest BCUT2D eigenvalue weighted by Crippen LogP contribution is 2.36. The first-order valence-electron chi connectivity index (χ1n) is 12.8. The maximum atomic E-state index is 14.9. The van der Waals surface area contributed by atoms with Crippen molar-refractivity contribution >= 4 is 0 Å². The van der Waals surface area contributed by atoms with Crippen LogP contribution in [0.4, 0.5) is 17.6 Å². The number of hydrogen-bond donors (Lipinski definition) is 6. The molecule has 0 aliphatic carbocycles. The summed E-state index contributed by atoms with van der Waals surface area (Å²) in [7, 11) is 0. The van der Waals surface area contributed by atoms with Crippen LogP contribution >= 0.6 is 0 Å². The topological polar surface area (TPSA) is 121 Å². The molecule has 0 aromatic heterocycles. The third kappa shape index (κ3) is 6.92. The predicted molar refractivity (Wildman–Crippen MR) is 143 cm³/mol. The second kappa shape index (κ2) is 11.9. The van der Waals surface area contributed by atoms with E-state index in [1.807, 2.05) is 0 Å². The SMILES string of the molecule is C=CC(O)(Cc1cc(F)c(C(C)(C)C)c(F)c1)[C@@H](O)[C@@](O)(Cc1cc(F)c(C(C)(C)C)c(F)c1)[C@H](O)[C@@H](O)CO. The van der Waals surface area contributed by atoms with E-state index in [1.165, 1.54) is 0 Å². The highest BCUT2D eigenvalue weighted by atomic mass is 19.1. The van der Waals surface area contributed by atoms with Gasteiger partial charge in [0.15, 0.2) is 0 Å². The second-order valence-corrected chi connectivity index (χ2v) is 12.5. The zero-order valence-corrected chi connectivity index (χ0v) is 23.6. The van der Waals surface area contributed by atoms with Crippen LogP contribution < -0.4 is 0 Å². The summed E-state index contributed by atoms with van der Waals surface area (Å²) in [6, 6.07) is 3.64. The summed E-state index contributed by atoms with van der Waals surface area (Å²) in [4.78, 5) is 0. The number of aliphatic hydroxyl groups is 6. The lowest BCUT2D eigenvalue weighted by Gasteiger charge is -2.45. The van der Waals surface area contributed by atoms with Crippen LogP contribution in [0.25, 0.3) is 0 Å². The summed E-state index contributed by atoms with van der Waals surface area (Å²) >= 11 is 0. The highest BCUT2D eigenvalue weighted by molar-refractivity contribution is 5.35. The Morgan fingerprint density at radius 2 is 1.07 bits per heavy atom. The molecular weight excluding hydrogens is 532 g/mol. The Bertz CT molecular complexity index is 1180. The van der Waals surface area contributed by atoms with Gasteiger partial charge in [0, 0.05) is 24.0 Å². The second-order valence-electron chi connectivity index (χ2n) is 12.5. The van der Waals surface area contributed by atoms with E-state index in [-0.39, 0.29) is 22.3 Å². The molecule has 224 valence electrons. The van der Waals surface area contributed by atoms with Crippen LogP contribution in [0.5, 0.6) is 0 Å². The maximum absolute atomic E-state index is 14.9. The molecule has 0 aliphatic heterocycles. The van der Waals surface area contributed by atoms with Gasteiger partial charge in [0.25, 0.3) is 0 Å². The van der Waals surface area contributed by atoms with Crippen LogP contribution in [-0.4, -0.2) is 66.8 Å². The average molecular weight is 573 g/mol. The fourth-order valence-electron chi connectivity index (χ4n) is 5.05. The third-order valence-corrected chi connectivity index (χ3v) is 7.04. The minimum atomic E-state index is -2.95. The fourth-order valence-corrected chi connectivity index (χ4v) is 5.05. The Labute approximate surface area is 232 Å². The van der Waals surface area contributed by atoms with Crippen molar-refractivity contribution in [2.24, 2.45) is 0 Å². The molecular formula is C30H40F4O6. The van der Waals surface area contributed by atoms with Gasteiger partial charge in [-0.1, -0.05) is 47.6 Å². The van der Waals surface area contributed by atoms with Gasteiger partial charge < -0.3 is 30.6 Å². The summed E-state index contributed by atoms with van der Waals surface area (Å²) in [6.45, 7) is 11.9. The molecule has 2 aromatic rings. The molecule has 40 heavy (non-hydrogen) atoms. The molecule has 5 atom stereocenters. The van der Waals surface area contributed by atoms with Crippen LogP contribution in [0, 0.1) is 23.3 Å². The summed E-state index contributed by atoms with van der Waals surface area (Å²) < 4.78 is 59.5. The van der Waals surface area contributed by atoms with Crippen molar-refractivity contribution in [1.29, 1.82) is 0 Å². The number of benzene rings is 2. The van der Waals surface area contributed by atoms with Crippen LogP contribution in [0.15, 0.2) is 36.9 Å². The van der Waals surface area contributed by atoms with E-state index < -0.39 is 83.1 Å². The van der Waals surface area contributed by atoms with Crippen molar-refractivity contribution in [3.8, 4) is 0 Å². The van der Waals surface area contributed by atoms with E-state index in [0.29, 0.717) is 0 Å². The third-order valence-electron chi connectivity index (χ3n) is 7.04. The monoisotopic (exact) mass is 572 g/mol. The zero-order chi connectivity index (χ0) is 31.0. The molecule has 0 saturated carbocycles. The molecule has 6 N–H and O–H groups in total. The molecule has 0 heterocycles. The largest absolute Gasteiger partial charge is 0.394 e. The molecule has 0 spiro atoms. The first-order valence-corrected chi connectivity index (χ1v) is 12.8. The van der Waals surface area contributed by atoms with E-state index in [1.54, 1.807) is 41.5 Å². The van der Waals surface area contributed by atoms with Crippen molar-refractivity contribution in [1.82, 2.24) is 0 Å². The van der Waals surface area contributed by atoms with Gasteiger partial charge in [-0.15, -0.1) is 6.58 Å². The van der Waals surface area contributed by atoms with Crippen LogP contribution in [0.2, 0.25) is 0 Å². The lowest BCUT2D eigenvalue weighted by molar-refractivity contribution is -0.218. The van der Waals surface area contributed by atoms with Crippen LogP contribution in [0.1, 0.15) is 63.8 Å². The van der Waals surface area contributed by atoms with Crippen LogP contribution in [0.3, 0.4) is 0 Å². The number of aliphatic hydroxyl groups excluding tert-OH is 4. The van der Waals surface area contributed by atoms with Crippen molar-refractivity contribution in [2.75, 3.05) is 6.61 Å². The van der Waals surface area contributed by atoms with Gasteiger partial charge in [-0.05, 0) is 46.2 Å². The minimum Gasteiger partial charge on any atom is -0.394 e. The summed E-state index contributed by atoms with van der Waals surface area (Å²) in [5, 5.41) is 64.4. The lowest BCUT2D eigenvalue weighted by atomic mass is 9.72. The first kappa shape index (κ1) is 33.9. The zero-order valence-electron chi connectivity index (χ0n) is 23.6. The van der Waals surface area contributed by atoms with Crippen molar-refractivity contribution in [2.45, 2.75) is 94.7 Å². The van der Waals surface area contributed by atoms with Gasteiger partial charge in [0.1, 0.15) is 52.8 Å². The maximum Gasteiger partial charge on any atom is 0.130 e. The summed E-state index contributed by atoms with van der Waals surface area (Å²) in [5.74, 6) is -3.78. The molecule has 10 heteroatoms. The van der Waals surface area contributed by atoms with Gasteiger partial charge in [0.05, 0.1) is 6.61 Å². The molecule has 0 bridgehead atoms. The van der Waals surface area contributed by atoms with Gasteiger partial charge in [-0.2, -0.15) is 0 Å². The first-order chi connectivity index (χ1) is 18.1. The van der Waals surface area contributed by atoms with Gasteiger partial charge in [0.2, 0.25) is 0 Å². The number of hydrogen-bond acceptors (Lipinski definition) is 6. The predicted octanol–water partition coefficient (Wildman–Crippen LogP) is 3.35. The average Bonchev–Trinajstić information content (AvgIpc) is 2.79. The van der Waals surface area contributed by atoms with Gasteiger partial charge >= 0.3 is 0 Å². The number of rotatable bonds is 10. The van der Waals surface area contributed by atoms with Crippen molar-refractivity contribution in [3.05, 3.63) is 82.4 Å². The smallest absolute Gasteiger partial charge is 0.130 e. The summed E-state index contributed by atoms with van der Waals surface area (Å²) in [6.07, 6.45) is -7.71. The fraction of sp³-hybridized carbons (Fsp3) is 0.533. The van der Waals surface area contributed by atoms with E-state index in [2.05, 4.69) is 6.58 Å². The normalized spacial score (nSPS) is 18.0. The lowest BCUT2D eigenvalue weighted by Crippen LogP contribution is -2.66. The van der Waals surface area contributed by atoms with Crippen molar-refractivity contribution < 1.29 is 48.2 Å². The Kier molecular flexibility index (Phi) is 10.1. The molecule has 2 aromatic carbocycles. The Morgan fingerprint density at radius 1 is 0.725 bits per heavy atom. The highest BCUT2D eigenvalue weighted by Gasteiger charge is 2.53. The van der Waals surface area contributed by atoms with Crippen LogP contribution in [-0.2, 0) is 23.7 Å². The van der Waals surface area contributed by atoms with Gasteiger partial charge in [-0.25, -0.2) is 17.6 Å². The minimum absolute atomic E-state index is 0.143. The number of halogens is 4. The van der Waals surface area contributed by atoms with E-state index >= 15 is 0 Å². The molecule has 0 amide bonds. The quantitative estimate of drug-likeness (QED) is 0.192. The standard InChI is InChI=1S/C30H40F4O6/c1-8-29(39,13-16-9-18(31)23(19(32)10-16)27(2,3)4)26(38)30(40,25(37)22(36)15-35)14-17-11-20(33)24(21(34)12-17)28(5,6)7/h8-12,22,25-26,35-40H,1,13-15H2,2-7H3/t22-,25+,26+,29?,30+/m0/s1. The molecule has 1 unspecified atom stereocenters. The Morgan fingerprint density at radius 3 is 1.38 bits per heavy atom. The molecule has 0 saturated heterocycles. The van der Waals surface area contributed by atoms with Crippen molar-refractivity contribution in [3.63, 3.8) is 0 Å². The van der Waals surface area contributed by atoms with E-state index in [4.69, 9.17) is 0 Å². The molecule has 0 radical (unpaired) electrons. The van der Waals surface area contributed by atoms with E-state index in [0.717, 1.165) is 30.3 Å². The molecule has 2 rings (SSSR count). The van der Waals surface area contributed by atoms with E-state index in [9.17, 15) is 48.2 Å². The molecule has 6 nitrogen and oxygen atoms in total. The Balaban J connectivity index is 2.61. The summed E-state index contributed by atoms with van der Waals surface area (Å²) in [5.41, 5.74) is -8.21.